The molecule has 1 rings (SSSR count). The minimum atomic E-state index is -4.43. The van der Waals surface area contributed by atoms with Crippen LogP contribution in [-0.4, -0.2) is 13.4 Å². The summed E-state index contributed by atoms with van der Waals surface area (Å²) in [5.74, 6) is -3.32. The molecule has 71 valence electrons. The van der Waals surface area contributed by atoms with Gasteiger partial charge in [0, 0.05) is 6.20 Å². The van der Waals surface area contributed by atoms with Gasteiger partial charge in [-0.15, -0.1) is 0 Å². The Balaban J connectivity index is 2.82. The molecule has 0 aliphatic carbocycles. The van der Waals surface area contributed by atoms with Gasteiger partial charge in [-0.2, -0.15) is 8.78 Å². The molecule has 0 amide bonds. The molecule has 0 atom stereocenters. The van der Waals surface area contributed by atoms with Crippen LogP contribution in [0.15, 0.2) is 24.4 Å². The lowest BCUT2D eigenvalue weighted by Crippen LogP contribution is -2.08. The molecule has 1 radical (unpaired) electrons. The van der Waals surface area contributed by atoms with Crippen molar-refractivity contribution in [1.82, 2.24) is 4.98 Å². The summed E-state index contributed by atoms with van der Waals surface area (Å²) in [7, 11) is -4.43. The Morgan fingerprint density at radius 2 is 2.08 bits per heavy atom. The first-order valence-electron chi connectivity index (χ1n) is 3.33. The Morgan fingerprint density at radius 1 is 1.38 bits per heavy atom. The maximum atomic E-state index is 11.8. The molecule has 1 heterocycles. The van der Waals surface area contributed by atoms with Gasteiger partial charge < -0.3 is 0 Å². The molecule has 0 saturated heterocycles. The maximum absolute atomic E-state index is 11.8. The first-order valence-corrected chi connectivity index (χ1v) is 4.98. The Labute approximate surface area is 74.3 Å². The molecule has 0 saturated carbocycles. The Hall–Kier alpha value is -1.04. The van der Waals surface area contributed by atoms with Crippen LogP contribution in [0.4, 0.5) is 8.78 Å². The van der Waals surface area contributed by atoms with Crippen molar-refractivity contribution in [2.75, 3.05) is 0 Å². The molecule has 0 N–H and O–H groups in total. The van der Waals surface area contributed by atoms with Crippen LogP contribution in [0, 0.1) is 5.76 Å². The van der Waals surface area contributed by atoms with E-state index in [0.717, 1.165) is 0 Å². The Bertz CT molecular complexity index is 363. The van der Waals surface area contributed by atoms with E-state index in [0.29, 0.717) is 0 Å². The van der Waals surface area contributed by atoms with E-state index in [1.165, 1.54) is 18.3 Å². The second-order valence-corrected chi connectivity index (χ2v) is 4.13. The van der Waals surface area contributed by atoms with Gasteiger partial charge in [-0.25, -0.2) is 8.42 Å². The van der Waals surface area contributed by atoms with Gasteiger partial charge in [0.15, 0.2) is 0 Å². The van der Waals surface area contributed by atoms with Crippen molar-refractivity contribution in [2.45, 2.75) is 5.75 Å². The first-order chi connectivity index (χ1) is 6.02. The zero-order valence-electron chi connectivity index (χ0n) is 6.44. The summed E-state index contributed by atoms with van der Waals surface area (Å²) in [5, 5.41) is 0. The lowest BCUT2D eigenvalue weighted by molar-refractivity contribution is 0.353. The number of aromatic nitrogens is 1. The van der Waals surface area contributed by atoms with Gasteiger partial charge >= 0.3 is 5.76 Å². The van der Waals surface area contributed by atoms with Gasteiger partial charge in [-0.3, -0.25) is 4.98 Å². The molecule has 0 aromatic carbocycles. The maximum Gasteiger partial charge on any atom is 0.422 e. The molecular formula is C7H6F2NO2S. The van der Waals surface area contributed by atoms with Crippen molar-refractivity contribution in [3.05, 3.63) is 35.8 Å². The summed E-state index contributed by atoms with van der Waals surface area (Å²) < 4.78 is 44.9. The molecular weight excluding hydrogens is 200 g/mol. The fourth-order valence-corrected chi connectivity index (χ4v) is 1.40. The third kappa shape index (κ3) is 2.73. The highest BCUT2D eigenvalue weighted by Gasteiger charge is 2.27. The second kappa shape index (κ2) is 3.78. The third-order valence-corrected chi connectivity index (χ3v) is 2.45. The van der Waals surface area contributed by atoms with Crippen LogP contribution in [0.1, 0.15) is 5.69 Å². The smallest absolute Gasteiger partial charge is 0.260 e. The van der Waals surface area contributed by atoms with E-state index in [9.17, 15) is 17.2 Å². The summed E-state index contributed by atoms with van der Waals surface area (Å²) in [6.45, 7) is 0. The average molecular weight is 206 g/mol. The van der Waals surface area contributed by atoms with E-state index in [1.807, 2.05) is 0 Å². The molecule has 0 spiro atoms. The number of rotatable bonds is 3. The lowest BCUT2D eigenvalue weighted by atomic mass is 10.4. The predicted octanol–water partition coefficient (Wildman–Crippen LogP) is 1.38. The highest BCUT2D eigenvalue weighted by atomic mass is 32.2. The number of pyridine rings is 1. The predicted molar refractivity (Wildman–Crippen MR) is 42.3 cm³/mol. The molecule has 0 aliphatic heterocycles. The molecule has 0 fully saturated rings. The highest BCUT2D eigenvalue weighted by molar-refractivity contribution is 7.93. The van der Waals surface area contributed by atoms with Gasteiger partial charge in [0.25, 0.3) is 0 Å². The van der Waals surface area contributed by atoms with E-state index >= 15 is 0 Å². The Morgan fingerprint density at radius 3 is 2.54 bits per heavy atom. The number of halogens is 2. The summed E-state index contributed by atoms with van der Waals surface area (Å²) in [5.41, 5.74) is 0.107. The van der Waals surface area contributed by atoms with Crippen molar-refractivity contribution in [3.63, 3.8) is 0 Å². The Kier molecular flexibility index (Phi) is 2.92. The molecule has 1 aromatic rings. The van der Waals surface area contributed by atoms with Gasteiger partial charge in [-0.1, -0.05) is 6.07 Å². The first kappa shape index (κ1) is 10.0. The normalized spacial score (nSPS) is 11.9. The standard InChI is InChI=1S/C7H6F2NO2S/c8-7(9)13(11,12)5-6-3-1-2-4-10-6/h1-4H,5H2. The monoisotopic (exact) mass is 206 g/mol. The number of nitrogens with zero attached hydrogens (tertiary/aromatic N) is 1. The highest BCUT2D eigenvalue weighted by Crippen LogP contribution is 2.17. The van der Waals surface area contributed by atoms with Crippen LogP contribution in [0.25, 0.3) is 0 Å². The van der Waals surface area contributed by atoms with E-state index in [-0.39, 0.29) is 5.69 Å². The van der Waals surface area contributed by atoms with E-state index in [4.69, 9.17) is 0 Å². The average Bonchev–Trinajstić information content (AvgIpc) is 2.05. The number of hydrogen-bond acceptors (Lipinski definition) is 3. The van der Waals surface area contributed by atoms with E-state index < -0.39 is 21.3 Å². The number of hydrogen-bond donors (Lipinski definition) is 0. The molecule has 6 heteroatoms. The fraction of sp³-hybridized carbons (Fsp3) is 0.143. The minimum Gasteiger partial charge on any atom is -0.260 e. The SMILES string of the molecule is O=S(=O)(Cc1ccccn1)[C](F)F. The number of sulfone groups is 1. The topological polar surface area (TPSA) is 47.0 Å². The molecule has 13 heavy (non-hydrogen) atoms. The van der Waals surface area contributed by atoms with E-state index in [1.54, 1.807) is 6.07 Å². The summed E-state index contributed by atoms with van der Waals surface area (Å²) >= 11 is 0. The van der Waals surface area contributed by atoms with Crippen molar-refractivity contribution in [2.24, 2.45) is 0 Å². The third-order valence-electron chi connectivity index (χ3n) is 1.30. The molecule has 3 nitrogen and oxygen atoms in total. The van der Waals surface area contributed by atoms with Crippen molar-refractivity contribution in [3.8, 4) is 0 Å². The van der Waals surface area contributed by atoms with E-state index in [2.05, 4.69) is 4.98 Å². The van der Waals surface area contributed by atoms with Gasteiger partial charge in [0.05, 0.1) is 11.4 Å². The molecule has 1 aromatic heterocycles. The minimum absolute atomic E-state index is 0.107. The molecule has 0 unspecified atom stereocenters. The van der Waals surface area contributed by atoms with Gasteiger partial charge in [0.2, 0.25) is 9.84 Å². The van der Waals surface area contributed by atoms with Gasteiger partial charge in [0.1, 0.15) is 0 Å². The summed E-state index contributed by atoms with van der Waals surface area (Å²) in [4.78, 5) is 3.62. The van der Waals surface area contributed by atoms with Crippen molar-refractivity contribution < 1.29 is 17.2 Å². The van der Waals surface area contributed by atoms with Crippen LogP contribution in [0.5, 0.6) is 0 Å². The summed E-state index contributed by atoms with van der Waals surface area (Å²) in [6.07, 6.45) is 1.35. The van der Waals surface area contributed by atoms with Crippen LogP contribution >= 0.6 is 0 Å². The largest absolute Gasteiger partial charge is 0.422 e. The van der Waals surface area contributed by atoms with Crippen LogP contribution in [-0.2, 0) is 15.6 Å². The van der Waals surface area contributed by atoms with Crippen LogP contribution in [0.2, 0.25) is 0 Å². The zero-order valence-corrected chi connectivity index (χ0v) is 7.26. The molecule has 0 bridgehead atoms. The fourth-order valence-electron chi connectivity index (χ4n) is 0.733. The lowest BCUT2D eigenvalue weighted by Gasteiger charge is -1.99. The quantitative estimate of drug-likeness (QED) is 0.750. The van der Waals surface area contributed by atoms with Crippen LogP contribution < -0.4 is 0 Å². The van der Waals surface area contributed by atoms with Crippen LogP contribution in [0.3, 0.4) is 0 Å². The van der Waals surface area contributed by atoms with Crippen molar-refractivity contribution in [1.29, 1.82) is 0 Å². The summed E-state index contributed by atoms with van der Waals surface area (Å²) in [6, 6.07) is 4.49. The molecule has 0 aliphatic rings. The second-order valence-electron chi connectivity index (χ2n) is 2.31. The zero-order chi connectivity index (χ0) is 9.90. The van der Waals surface area contributed by atoms with Crippen molar-refractivity contribution >= 4 is 9.84 Å². The van der Waals surface area contributed by atoms with Gasteiger partial charge in [-0.05, 0) is 12.1 Å².